The summed E-state index contributed by atoms with van der Waals surface area (Å²) < 4.78 is 3.77. The van der Waals surface area contributed by atoms with Crippen LogP contribution in [0.2, 0.25) is 0 Å². The molecule has 160 valence electrons. The molecule has 6 aromatic heterocycles. The summed E-state index contributed by atoms with van der Waals surface area (Å²) in [6.07, 6.45) is 9.87. The SMILES string of the molecule is CC(C)(c1cccc(-n2cnc3ncncc32)n1)c1cccc(-n2cnc3ncncc32)n1. The van der Waals surface area contributed by atoms with Crippen LogP contribution in [0.1, 0.15) is 25.2 Å². The third-order valence-corrected chi connectivity index (χ3v) is 5.70. The number of nitrogens with zero attached hydrogens (tertiary/aromatic N) is 10. The lowest BCUT2D eigenvalue weighted by Gasteiger charge is -2.24. The molecule has 6 rings (SSSR count). The van der Waals surface area contributed by atoms with Crippen molar-refractivity contribution in [3.63, 3.8) is 0 Å². The smallest absolute Gasteiger partial charge is 0.181 e. The van der Waals surface area contributed by atoms with Crippen molar-refractivity contribution in [3.8, 4) is 11.6 Å². The Labute approximate surface area is 188 Å². The average Bonchev–Trinajstić information content (AvgIpc) is 3.49. The molecule has 0 aliphatic heterocycles. The van der Waals surface area contributed by atoms with Crippen molar-refractivity contribution < 1.29 is 0 Å². The highest BCUT2D eigenvalue weighted by Gasteiger charge is 2.27. The molecule has 0 bridgehead atoms. The molecule has 10 nitrogen and oxygen atoms in total. The highest BCUT2D eigenvalue weighted by molar-refractivity contribution is 5.72. The fraction of sp³-hybridized carbons (Fsp3) is 0.130. The number of hydrogen-bond acceptors (Lipinski definition) is 8. The maximum absolute atomic E-state index is 4.94. The summed E-state index contributed by atoms with van der Waals surface area (Å²) in [6.45, 7) is 4.21. The summed E-state index contributed by atoms with van der Waals surface area (Å²) in [5.41, 5.74) is 4.14. The zero-order valence-electron chi connectivity index (χ0n) is 17.9. The van der Waals surface area contributed by atoms with Crippen molar-refractivity contribution in [1.29, 1.82) is 0 Å². The van der Waals surface area contributed by atoms with E-state index in [1.54, 1.807) is 25.0 Å². The van der Waals surface area contributed by atoms with E-state index in [4.69, 9.17) is 9.97 Å². The molecule has 0 unspecified atom stereocenters. The van der Waals surface area contributed by atoms with Crippen LogP contribution in [0.15, 0.2) is 74.1 Å². The number of pyridine rings is 2. The summed E-state index contributed by atoms with van der Waals surface area (Å²) in [4.78, 5) is 35.2. The fourth-order valence-electron chi connectivity index (χ4n) is 3.83. The molecule has 6 heterocycles. The van der Waals surface area contributed by atoms with Crippen molar-refractivity contribution in [3.05, 3.63) is 85.5 Å². The molecule has 0 atom stereocenters. The van der Waals surface area contributed by atoms with Crippen LogP contribution in [0.5, 0.6) is 0 Å². The Bertz CT molecular complexity index is 1490. The maximum Gasteiger partial charge on any atom is 0.181 e. The Morgan fingerprint density at radius 3 is 1.61 bits per heavy atom. The molecule has 0 aliphatic rings. The standard InChI is InChI=1S/C23H18N10/c1-23(2,17-5-3-7-19(30-17)32-13-28-21-15(32)9-24-11-26-21)18-6-4-8-20(31-18)33-14-29-22-16(33)10-25-12-27-22/h3-14H,1-2H3. The van der Waals surface area contributed by atoms with Crippen LogP contribution in [0.25, 0.3) is 34.0 Å². The first-order chi connectivity index (χ1) is 16.1. The van der Waals surface area contributed by atoms with Gasteiger partial charge in [-0.2, -0.15) is 0 Å². The molecule has 0 fully saturated rings. The normalized spacial score (nSPS) is 11.9. The predicted molar refractivity (Wildman–Crippen MR) is 121 cm³/mol. The van der Waals surface area contributed by atoms with Gasteiger partial charge < -0.3 is 0 Å². The number of rotatable bonds is 4. The molecule has 6 aromatic rings. The third-order valence-electron chi connectivity index (χ3n) is 5.70. The zero-order valence-corrected chi connectivity index (χ0v) is 17.9. The van der Waals surface area contributed by atoms with Crippen LogP contribution in [-0.4, -0.2) is 49.0 Å². The Kier molecular flexibility index (Phi) is 4.19. The van der Waals surface area contributed by atoms with Crippen molar-refractivity contribution in [2.45, 2.75) is 19.3 Å². The van der Waals surface area contributed by atoms with Crippen molar-refractivity contribution in [1.82, 2.24) is 49.0 Å². The van der Waals surface area contributed by atoms with Crippen molar-refractivity contribution >= 4 is 22.3 Å². The van der Waals surface area contributed by atoms with Crippen molar-refractivity contribution in [2.75, 3.05) is 0 Å². The molecule has 0 spiro atoms. The van der Waals surface area contributed by atoms with Gasteiger partial charge in [0.05, 0.1) is 23.8 Å². The summed E-state index contributed by atoms with van der Waals surface area (Å²) in [5, 5.41) is 0. The fourth-order valence-corrected chi connectivity index (χ4v) is 3.83. The highest BCUT2D eigenvalue weighted by atomic mass is 15.2. The van der Waals surface area contributed by atoms with E-state index in [0.29, 0.717) is 11.3 Å². The van der Waals surface area contributed by atoms with Gasteiger partial charge in [-0.05, 0) is 38.1 Å². The minimum atomic E-state index is -0.466. The second-order valence-electron chi connectivity index (χ2n) is 8.08. The van der Waals surface area contributed by atoms with E-state index in [1.807, 2.05) is 45.5 Å². The second-order valence-corrected chi connectivity index (χ2v) is 8.08. The van der Waals surface area contributed by atoms with Gasteiger partial charge in [-0.15, -0.1) is 0 Å². The number of imidazole rings is 2. The van der Waals surface area contributed by atoms with E-state index in [-0.39, 0.29) is 0 Å². The average molecular weight is 434 g/mol. The molecule has 33 heavy (non-hydrogen) atoms. The van der Waals surface area contributed by atoms with Gasteiger partial charge in [0.1, 0.15) is 48.0 Å². The van der Waals surface area contributed by atoms with E-state index in [9.17, 15) is 0 Å². The van der Waals surface area contributed by atoms with Gasteiger partial charge in [0, 0.05) is 5.41 Å². The van der Waals surface area contributed by atoms with Gasteiger partial charge >= 0.3 is 0 Å². The largest absolute Gasteiger partial charge is 0.280 e. The molecule has 0 aliphatic carbocycles. The lowest BCUT2D eigenvalue weighted by Crippen LogP contribution is -2.23. The topological polar surface area (TPSA) is 113 Å². The molecular weight excluding hydrogens is 416 g/mol. The summed E-state index contributed by atoms with van der Waals surface area (Å²) in [5.74, 6) is 1.48. The first-order valence-corrected chi connectivity index (χ1v) is 10.3. The van der Waals surface area contributed by atoms with Gasteiger partial charge in [0.25, 0.3) is 0 Å². The van der Waals surface area contributed by atoms with Crippen LogP contribution in [0, 0.1) is 0 Å². The summed E-state index contributed by atoms with van der Waals surface area (Å²) in [7, 11) is 0. The zero-order chi connectivity index (χ0) is 22.4. The van der Waals surface area contributed by atoms with Gasteiger partial charge in [-0.25, -0.2) is 39.9 Å². The number of hydrogen-bond donors (Lipinski definition) is 0. The van der Waals surface area contributed by atoms with Gasteiger partial charge in [-0.1, -0.05) is 12.1 Å². The van der Waals surface area contributed by atoms with E-state index >= 15 is 0 Å². The Morgan fingerprint density at radius 1 is 0.636 bits per heavy atom. The first kappa shape index (κ1) is 19.1. The summed E-state index contributed by atoms with van der Waals surface area (Å²) in [6, 6.07) is 11.9. The molecule has 0 saturated carbocycles. The van der Waals surface area contributed by atoms with E-state index < -0.39 is 5.41 Å². The molecule has 0 radical (unpaired) electrons. The van der Waals surface area contributed by atoms with Crippen molar-refractivity contribution in [2.24, 2.45) is 0 Å². The number of fused-ring (bicyclic) bond motifs is 2. The molecule has 10 heteroatoms. The molecule has 0 saturated heterocycles. The number of aromatic nitrogens is 10. The van der Waals surface area contributed by atoms with Crippen LogP contribution < -0.4 is 0 Å². The van der Waals surface area contributed by atoms with Crippen LogP contribution in [-0.2, 0) is 5.41 Å². The Hall–Kier alpha value is -4.60. The lowest BCUT2D eigenvalue weighted by molar-refractivity contribution is 0.592. The van der Waals surface area contributed by atoms with E-state index in [1.165, 1.54) is 12.7 Å². The van der Waals surface area contributed by atoms with Gasteiger partial charge in [0.2, 0.25) is 0 Å². The highest BCUT2D eigenvalue weighted by Crippen LogP contribution is 2.30. The van der Waals surface area contributed by atoms with Crippen LogP contribution in [0.4, 0.5) is 0 Å². The second kappa shape index (κ2) is 7.23. The van der Waals surface area contributed by atoms with Crippen LogP contribution >= 0.6 is 0 Å². The quantitative estimate of drug-likeness (QED) is 0.416. The molecule has 0 aromatic carbocycles. The summed E-state index contributed by atoms with van der Waals surface area (Å²) >= 11 is 0. The maximum atomic E-state index is 4.94. The molecule has 0 amide bonds. The first-order valence-electron chi connectivity index (χ1n) is 10.3. The predicted octanol–water partition coefficient (Wildman–Crippen LogP) is 3.06. The van der Waals surface area contributed by atoms with Gasteiger partial charge in [0.15, 0.2) is 11.3 Å². The Morgan fingerprint density at radius 2 is 1.12 bits per heavy atom. The van der Waals surface area contributed by atoms with E-state index in [2.05, 4.69) is 43.8 Å². The third kappa shape index (κ3) is 3.11. The minimum Gasteiger partial charge on any atom is -0.280 e. The lowest BCUT2D eigenvalue weighted by atomic mass is 9.84. The van der Waals surface area contributed by atoms with E-state index in [0.717, 1.165) is 34.1 Å². The van der Waals surface area contributed by atoms with Gasteiger partial charge in [-0.3, -0.25) is 9.13 Å². The minimum absolute atomic E-state index is 0.466. The Balaban J connectivity index is 1.42. The van der Waals surface area contributed by atoms with Crippen LogP contribution in [0.3, 0.4) is 0 Å². The molecule has 0 N–H and O–H groups in total. The monoisotopic (exact) mass is 434 g/mol. The molecular formula is C23H18N10.